The molecule has 0 saturated heterocycles. The van der Waals surface area contributed by atoms with E-state index in [0.717, 1.165) is 31.4 Å². The molecule has 0 bridgehead atoms. The number of hydrogen-bond acceptors (Lipinski definition) is 2. The molecule has 2 rings (SSSR count). The first kappa shape index (κ1) is 26.0. The Hall–Kier alpha value is -2.24. The first-order chi connectivity index (χ1) is 14.5. The highest BCUT2D eigenvalue weighted by atomic mass is 79.9. The van der Waals surface area contributed by atoms with E-state index in [-0.39, 0.29) is 29.2 Å². The summed E-state index contributed by atoms with van der Waals surface area (Å²) in [5, 5.41) is 0. The molecule has 2 nitrogen and oxygen atoms in total. The first-order valence-corrected chi connectivity index (χ1v) is 9.46. The summed E-state index contributed by atoms with van der Waals surface area (Å²) in [5.41, 5.74) is -9.71. The van der Waals surface area contributed by atoms with E-state index < -0.39 is 45.5 Å². The molecule has 0 aliphatic rings. The van der Waals surface area contributed by atoms with Crippen LogP contribution in [0.4, 0.5) is 39.5 Å². The number of alkyl halides is 9. The van der Waals surface area contributed by atoms with Gasteiger partial charge < -0.3 is 4.74 Å². The van der Waals surface area contributed by atoms with Crippen LogP contribution in [0.2, 0.25) is 0 Å². The van der Waals surface area contributed by atoms with Gasteiger partial charge in [0, 0.05) is 21.7 Å². The number of rotatable bonds is 5. The van der Waals surface area contributed by atoms with Gasteiger partial charge in [-0.25, -0.2) is 9.18 Å². The molecule has 1 radical (unpaired) electrons. The normalized spacial score (nSPS) is 14.8. The van der Waals surface area contributed by atoms with Gasteiger partial charge in [-0.1, -0.05) is 25.1 Å². The van der Waals surface area contributed by atoms with Crippen LogP contribution in [0.15, 0.2) is 34.8 Å². The van der Waals surface area contributed by atoms with E-state index >= 15 is 4.39 Å². The highest BCUT2D eigenvalue weighted by molar-refractivity contribution is 9.10. The monoisotopic (exact) mass is 535 g/mol. The molecular weight excluding hydrogens is 523 g/mol. The molecular formula is C20H13BrF9O2. The number of ether oxygens (including phenoxy) is 1. The lowest BCUT2D eigenvalue weighted by Crippen LogP contribution is -2.60. The molecule has 2 aromatic rings. The van der Waals surface area contributed by atoms with Crippen molar-refractivity contribution in [2.24, 2.45) is 0 Å². The molecule has 0 amide bonds. The van der Waals surface area contributed by atoms with E-state index in [2.05, 4.69) is 26.7 Å². The van der Waals surface area contributed by atoms with E-state index in [1.54, 1.807) is 0 Å². The number of halogens is 10. The summed E-state index contributed by atoms with van der Waals surface area (Å²) in [5.74, 6) is -7.67. The standard InChI is InChI=1S/C20H13BrF9O2/c1-3-10-8-13(17(22,19(25,26)27)18(23,24)20(28,29)30)15(14(21)9-10)11-4-6-12(7-5-11)16(31)32-2/h4-8H,3H2,1-2H3. The predicted molar refractivity (Wildman–Crippen MR) is 99.0 cm³/mol. The van der Waals surface area contributed by atoms with Crippen LogP contribution in [0.1, 0.15) is 28.4 Å². The van der Waals surface area contributed by atoms with Crippen molar-refractivity contribution in [2.45, 2.75) is 37.3 Å². The average molecular weight is 536 g/mol. The Morgan fingerprint density at radius 1 is 0.969 bits per heavy atom. The van der Waals surface area contributed by atoms with Crippen molar-refractivity contribution < 1.29 is 49.0 Å². The topological polar surface area (TPSA) is 26.3 Å². The van der Waals surface area contributed by atoms with Gasteiger partial charge >= 0.3 is 29.9 Å². The fraction of sp³-hybridized carbons (Fsp3) is 0.350. The van der Waals surface area contributed by atoms with Crippen LogP contribution >= 0.6 is 15.9 Å². The van der Waals surface area contributed by atoms with Gasteiger partial charge in [0.1, 0.15) is 0 Å². The Balaban J connectivity index is 2.95. The zero-order valence-corrected chi connectivity index (χ0v) is 17.8. The molecule has 175 valence electrons. The third-order valence-corrected chi connectivity index (χ3v) is 5.20. The van der Waals surface area contributed by atoms with Crippen molar-refractivity contribution in [2.75, 3.05) is 7.11 Å². The molecule has 32 heavy (non-hydrogen) atoms. The fourth-order valence-electron chi connectivity index (χ4n) is 2.93. The first-order valence-electron chi connectivity index (χ1n) is 8.67. The Morgan fingerprint density at radius 2 is 1.50 bits per heavy atom. The summed E-state index contributed by atoms with van der Waals surface area (Å²) in [4.78, 5) is 11.5. The van der Waals surface area contributed by atoms with Crippen molar-refractivity contribution in [1.29, 1.82) is 0 Å². The lowest BCUT2D eigenvalue weighted by Gasteiger charge is -2.37. The molecule has 0 aliphatic heterocycles. The molecule has 0 heterocycles. The second-order valence-corrected chi connectivity index (χ2v) is 7.34. The van der Waals surface area contributed by atoms with Gasteiger partial charge in [-0.2, -0.15) is 35.1 Å². The van der Waals surface area contributed by atoms with Gasteiger partial charge in [-0.3, -0.25) is 0 Å². The third kappa shape index (κ3) is 4.20. The Labute approximate surface area is 184 Å². The summed E-state index contributed by atoms with van der Waals surface area (Å²) in [7, 11) is 1.05. The quantitative estimate of drug-likeness (QED) is 0.299. The molecule has 1 unspecified atom stereocenters. The van der Waals surface area contributed by atoms with Crippen LogP contribution in [0.25, 0.3) is 11.1 Å². The highest BCUT2D eigenvalue weighted by Crippen LogP contribution is 2.60. The predicted octanol–water partition coefficient (Wildman–Crippen LogP) is 7.19. The molecule has 1 atom stereocenters. The van der Waals surface area contributed by atoms with Crippen molar-refractivity contribution in [3.63, 3.8) is 0 Å². The van der Waals surface area contributed by atoms with Gasteiger partial charge in [0.05, 0.1) is 12.7 Å². The lowest BCUT2D eigenvalue weighted by atomic mass is 9.81. The molecule has 0 spiro atoms. The average Bonchev–Trinajstić information content (AvgIpc) is 2.70. The molecule has 0 aliphatic carbocycles. The van der Waals surface area contributed by atoms with Gasteiger partial charge in [0.2, 0.25) is 0 Å². The van der Waals surface area contributed by atoms with E-state index in [1.165, 1.54) is 6.92 Å². The van der Waals surface area contributed by atoms with Crippen LogP contribution < -0.4 is 0 Å². The summed E-state index contributed by atoms with van der Waals surface area (Å²) in [6, 6.07) is 6.74. The Bertz CT molecular complexity index is 998. The summed E-state index contributed by atoms with van der Waals surface area (Å²) < 4.78 is 127. The van der Waals surface area contributed by atoms with Crippen molar-refractivity contribution in [1.82, 2.24) is 0 Å². The second kappa shape index (κ2) is 8.60. The lowest BCUT2D eigenvalue weighted by molar-refractivity contribution is -0.389. The number of benzene rings is 2. The minimum absolute atomic E-state index is 0.0916. The van der Waals surface area contributed by atoms with E-state index in [0.29, 0.717) is 0 Å². The number of methoxy groups -OCH3 is 1. The number of hydrogen-bond donors (Lipinski definition) is 0. The van der Waals surface area contributed by atoms with E-state index in [9.17, 15) is 39.9 Å². The van der Waals surface area contributed by atoms with Crippen LogP contribution in [0.5, 0.6) is 0 Å². The highest BCUT2D eigenvalue weighted by Gasteiger charge is 2.82. The fourth-order valence-corrected chi connectivity index (χ4v) is 3.63. The van der Waals surface area contributed by atoms with Crippen LogP contribution in [0, 0.1) is 6.07 Å². The molecule has 0 saturated carbocycles. The molecule has 0 fully saturated rings. The van der Waals surface area contributed by atoms with Crippen LogP contribution in [0.3, 0.4) is 0 Å². The maximum Gasteiger partial charge on any atom is 0.457 e. The molecule has 0 N–H and O–H groups in total. The number of esters is 1. The molecule has 0 aromatic heterocycles. The maximum atomic E-state index is 15.3. The minimum Gasteiger partial charge on any atom is -0.465 e. The third-order valence-electron chi connectivity index (χ3n) is 4.60. The number of carbonyl (C=O) groups is 1. The molecule has 2 aromatic carbocycles. The Kier molecular flexibility index (Phi) is 6.99. The SMILES string of the molecule is CCc1[c]c(Br)c(-c2ccc(C(=O)OC)cc2)c(C(F)(C(F)(F)F)C(F)(F)C(F)(F)F)c1. The summed E-state index contributed by atoms with van der Waals surface area (Å²) in [6.07, 6.45) is -13.7. The van der Waals surface area contributed by atoms with E-state index in [1.807, 2.05) is 0 Å². The van der Waals surface area contributed by atoms with Crippen molar-refractivity contribution in [3.8, 4) is 11.1 Å². The number of carbonyl (C=O) groups excluding carboxylic acids is 1. The van der Waals surface area contributed by atoms with Gasteiger partial charge in [-0.05, 0) is 45.6 Å². The second-order valence-electron chi connectivity index (χ2n) is 6.55. The van der Waals surface area contributed by atoms with Gasteiger partial charge in [-0.15, -0.1) is 0 Å². The van der Waals surface area contributed by atoms with Crippen molar-refractivity contribution in [3.05, 3.63) is 57.6 Å². The molecule has 12 heteroatoms. The van der Waals surface area contributed by atoms with Gasteiger partial charge in [0.15, 0.2) is 0 Å². The maximum absolute atomic E-state index is 15.3. The minimum atomic E-state index is -6.86. The van der Waals surface area contributed by atoms with Crippen LogP contribution in [-0.4, -0.2) is 31.4 Å². The smallest absolute Gasteiger partial charge is 0.457 e. The van der Waals surface area contributed by atoms with Crippen molar-refractivity contribution >= 4 is 21.9 Å². The zero-order valence-electron chi connectivity index (χ0n) is 16.2. The van der Waals surface area contributed by atoms with E-state index in [4.69, 9.17) is 0 Å². The largest absolute Gasteiger partial charge is 0.465 e. The summed E-state index contributed by atoms with van der Waals surface area (Å²) >= 11 is 2.81. The zero-order chi connectivity index (χ0) is 24.7. The summed E-state index contributed by atoms with van der Waals surface area (Å²) in [6.45, 7) is 1.36. The van der Waals surface area contributed by atoms with Crippen LogP contribution in [-0.2, 0) is 16.8 Å². The van der Waals surface area contributed by atoms with Gasteiger partial charge in [0.25, 0.3) is 0 Å². The number of aryl methyl sites for hydroxylation is 1. The Morgan fingerprint density at radius 3 is 1.91 bits per heavy atom.